The molecule has 0 fully saturated rings. The quantitative estimate of drug-likeness (QED) is 0.0246. The van der Waals surface area contributed by atoms with Crippen LogP contribution < -0.4 is 10.2 Å². The standard InChI is InChI=1S/C57H71BBr2N2S5/c1-3-5-7-18-26-41-36-50(63-40-41)51-37-43(29-19-8-6-4-2)56(66-51)58-47-31-30-44(52-53(47)62-67-61-52)49-39-46-55(65-49)54-45(38-48(64-54)42-27-20-17-21-28-42)57(46,32-22-13-9-11-15-24-34-59)33-23-14-10-12-16-25-35-60/h17,20-21,27-28,30-31,36-40,58H,3-16,18-19,22-26,29,32-35H2,1-2H3. The van der Waals surface area contributed by atoms with E-state index in [9.17, 15) is 0 Å². The number of benzene rings is 2. The first-order valence-corrected chi connectivity index (χ1v) is 32.3. The number of aromatic nitrogens is 2. The van der Waals surface area contributed by atoms with Gasteiger partial charge in [0.25, 0.3) is 0 Å². The minimum absolute atomic E-state index is 0.0524. The Morgan fingerprint density at radius 3 is 1.81 bits per heavy atom. The van der Waals surface area contributed by atoms with Gasteiger partial charge in [-0.2, -0.15) is 8.75 Å². The van der Waals surface area contributed by atoms with Crippen molar-refractivity contribution in [1.29, 1.82) is 0 Å². The van der Waals surface area contributed by atoms with Gasteiger partial charge in [0.05, 0.1) is 17.2 Å². The van der Waals surface area contributed by atoms with Crippen LogP contribution in [0.15, 0.2) is 72.1 Å². The van der Waals surface area contributed by atoms with E-state index in [1.54, 1.807) is 16.7 Å². The normalized spacial score (nSPS) is 13.0. The number of thiophene rings is 4. The van der Waals surface area contributed by atoms with Gasteiger partial charge in [-0.05, 0) is 119 Å². The third kappa shape index (κ3) is 13.0. The summed E-state index contributed by atoms with van der Waals surface area (Å²) in [7, 11) is 0.919. The van der Waals surface area contributed by atoms with E-state index in [0.29, 0.717) is 0 Å². The van der Waals surface area contributed by atoms with Crippen LogP contribution in [0.3, 0.4) is 0 Å². The van der Waals surface area contributed by atoms with Crippen molar-refractivity contribution in [3.05, 3.63) is 94.4 Å². The number of rotatable bonds is 31. The maximum atomic E-state index is 5.11. The Hall–Kier alpha value is -1.92. The fourth-order valence-electron chi connectivity index (χ4n) is 10.5. The number of fused-ring (bicyclic) bond motifs is 4. The van der Waals surface area contributed by atoms with Crippen molar-refractivity contribution in [1.82, 2.24) is 8.75 Å². The van der Waals surface area contributed by atoms with Crippen LogP contribution in [0.1, 0.15) is 177 Å². The highest BCUT2D eigenvalue weighted by Gasteiger charge is 2.45. The van der Waals surface area contributed by atoms with E-state index in [4.69, 9.17) is 8.75 Å². The van der Waals surface area contributed by atoms with Crippen molar-refractivity contribution in [2.24, 2.45) is 0 Å². The summed E-state index contributed by atoms with van der Waals surface area (Å²) in [5.41, 5.74) is 12.4. The number of hydrogen-bond acceptors (Lipinski definition) is 7. The Bertz CT molecular complexity index is 2550. The first-order chi connectivity index (χ1) is 33.1. The summed E-state index contributed by atoms with van der Waals surface area (Å²) in [5.74, 6) is 0. The van der Waals surface area contributed by atoms with E-state index in [0.717, 1.165) is 35.4 Å². The first kappa shape index (κ1) is 51.4. The highest BCUT2D eigenvalue weighted by atomic mass is 79.9. The Morgan fingerprint density at radius 1 is 0.537 bits per heavy atom. The summed E-state index contributed by atoms with van der Waals surface area (Å²) in [5, 5.41) is 4.66. The number of halogens is 2. The molecule has 0 saturated carbocycles. The molecule has 5 aromatic heterocycles. The van der Waals surface area contributed by atoms with Gasteiger partial charge in [-0.15, -0.1) is 45.3 Å². The van der Waals surface area contributed by atoms with Gasteiger partial charge in [-0.1, -0.05) is 191 Å². The fourth-order valence-corrected chi connectivity index (χ4v) is 16.9. The second kappa shape index (κ2) is 26.5. The maximum absolute atomic E-state index is 5.11. The van der Waals surface area contributed by atoms with Gasteiger partial charge in [-0.3, -0.25) is 0 Å². The van der Waals surface area contributed by atoms with E-state index in [-0.39, 0.29) is 5.41 Å². The Labute approximate surface area is 441 Å². The van der Waals surface area contributed by atoms with Gasteiger partial charge in [-0.25, -0.2) is 0 Å². The van der Waals surface area contributed by atoms with Gasteiger partial charge >= 0.3 is 0 Å². The summed E-state index contributed by atoms with van der Waals surface area (Å²) in [6.07, 6.45) is 31.1. The van der Waals surface area contributed by atoms with Gasteiger partial charge in [0.15, 0.2) is 0 Å². The highest BCUT2D eigenvalue weighted by molar-refractivity contribution is 9.09. The topological polar surface area (TPSA) is 25.8 Å². The van der Waals surface area contributed by atoms with E-state index in [1.807, 2.05) is 45.3 Å². The van der Waals surface area contributed by atoms with Crippen LogP contribution in [-0.2, 0) is 18.3 Å². The Kier molecular flexibility index (Phi) is 20.4. The van der Waals surface area contributed by atoms with Crippen molar-refractivity contribution in [2.75, 3.05) is 10.7 Å². The minimum Gasteiger partial charge on any atom is -0.173 e. The first-order valence-electron chi connectivity index (χ1n) is 26.0. The smallest absolute Gasteiger partial charge is 0.173 e. The second-order valence-corrected chi connectivity index (χ2v) is 25.5. The predicted molar refractivity (Wildman–Crippen MR) is 312 cm³/mol. The predicted octanol–water partition coefficient (Wildman–Crippen LogP) is 19.1. The summed E-state index contributed by atoms with van der Waals surface area (Å²) in [6, 6.07) is 26.2. The second-order valence-electron chi connectivity index (χ2n) is 19.2. The van der Waals surface area contributed by atoms with Gasteiger partial charge < -0.3 is 0 Å². The Balaban J connectivity index is 1.11. The lowest BCUT2D eigenvalue weighted by atomic mass is 9.66. The average Bonchev–Trinajstić information content (AvgIpc) is 4.22. The van der Waals surface area contributed by atoms with E-state index >= 15 is 0 Å². The minimum atomic E-state index is 0.0524. The molecule has 0 spiro atoms. The van der Waals surface area contributed by atoms with Crippen molar-refractivity contribution >= 4 is 117 Å². The van der Waals surface area contributed by atoms with Crippen LogP contribution in [0.25, 0.3) is 51.4 Å². The lowest BCUT2D eigenvalue weighted by molar-refractivity contribution is 0.399. The highest BCUT2D eigenvalue weighted by Crippen LogP contribution is 2.61. The summed E-state index contributed by atoms with van der Waals surface area (Å²) < 4.78 is 11.7. The molecular formula is C57H71BBr2N2S5. The maximum Gasteiger partial charge on any atom is 0.208 e. The molecule has 0 bridgehead atoms. The third-order valence-corrected chi connectivity index (χ3v) is 20.8. The Morgan fingerprint density at radius 2 is 1.13 bits per heavy atom. The molecular weight excluding hydrogens is 1040 g/mol. The molecule has 0 N–H and O–H groups in total. The molecule has 2 aromatic carbocycles. The molecule has 0 amide bonds. The van der Waals surface area contributed by atoms with Crippen molar-refractivity contribution in [3.8, 4) is 40.4 Å². The molecule has 0 radical (unpaired) electrons. The van der Waals surface area contributed by atoms with Crippen LogP contribution in [0, 0.1) is 0 Å². The monoisotopic (exact) mass is 1110 g/mol. The zero-order chi connectivity index (χ0) is 46.3. The lowest BCUT2D eigenvalue weighted by Gasteiger charge is -2.31. The van der Waals surface area contributed by atoms with E-state index < -0.39 is 0 Å². The molecule has 5 heterocycles. The average molecular weight is 1120 g/mol. The molecule has 67 heavy (non-hydrogen) atoms. The summed E-state index contributed by atoms with van der Waals surface area (Å²) >= 11 is 16.7. The number of aryl methyl sites for hydroxylation is 2. The SMILES string of the molecule is CCCCCCc1csc(-c2cc(CCCCCC)c(Bc3ccc(-c4cc5c(s4)-c4sc(-c6ccccc6)cc4C5(CCCCCCCCBr)CCCCCCCCBr)c4nsnc34)s2)c1. The number of hydrogen-bond donors (Lipinski definition) is 0. The number of nitrogens with zero attached hydrogens (tertiary/aromatic N) is 2. The largest absolute Gasteiger partial charge is 0.208 e. The molecule has 0 aliphatic heterocycles. The molecule has 8 rings (SSSR count). The van der Waals surface area contributed by atoms with Crippen LogP contribution in [0.4, 0.5) is 0 Å². The van der Waals surface area contributed by atoms with Crippen LogP contribution >= 0.6 is 88.9 Å². The molecule has 2 nitrogen and oxygen atoms in total. The van der Waals surface area contributed by atoms with Crippen molar-refractivity contribution in [3.63, 3.8) is 0 Å². The van der Waals surface area contributed by atoms with E-state index in [2.05, 4.69) is 118 Å². The molecule has 0 saturated heterocycles. The molecule has 1 aliphatic carbocycles. The van der Waals surface area contributed by atoms with Crippen molar-refractivity contribution < 1.29 is 0 Å². The van der Waals surface area contributed by atoms with Crippen LogP contribution in [-0.4, -0.2) is 26.7 Å². The van der Waals surface area contributed by atoms with Crippen LogP contribution in [0.5, 0.6) is 0 Å². The van der Waals surface area contributed by atoms with Gasteiger partial charge in [0, 0.05) is 50.9 Å². The molecule has 356 valence electrons. The molecule has 1 aliphatic rings. The zero-order valence-electron chi connectivity index (χ0n) is 40.2. The molecule has 0 atom stereocenters. The number of alkyl halides is 2. The van der Waals surface area contributed by atoms with Gasteiger partial charge in [0.2, 0.25) is 7.28 Å². The number of unbranched alkanes of at least 4 members (excludes halogenated alkanes) is 16. The van der Waals surface area contributed by atoms with Gasteiger partial charge in [0.1, 0.15) is 5.52 Å². The summed E-state index contributed by atoms with van der Waals surface area (Å²) in [6.45, 7) is 4.61. The lowest BCUT2D eigenvalue weighted by Crippen LogP contribution is -2.28. The molecule has 0 unspecified atom stereocenters. The van der Waals surface area contributed by atoms with Crippen molar-refractivity contribution in [2.45, 2.75) is 173 Å². The molecule has 7 aromatic rings. The zero-order valence-corrected chi connectivity index (χ0v) is 47.5. The molecule has 10 heteroatoms. The van der Waals surface area contributed by atoms with Crippen LogP contribution in [0.2, 0.25) is 0 Å². The summed E-state index contributed by atoms with van der Waals surface area (Å²) in [4.78, 5) is 8.70. The fraction of sp³-hybridized carbons (Fsp3) is 0.509. The third-order valence-electron chi connectivity index (χ3n) is 14.3. The van der Waals surface area contributed by atoms with E-state index in [1.165, 1.54) is 216 Å².